The highest BCUT2D eigenvalue weighted by Crippen LogP contribution is 2.22. The number of rotatable bonds is 4. The highest BCUT2D eigenvalue weighted by Gasteiger charge is 2.11. The standard InChI is InChI=1S/C17H12Cl2N4O3/c18-12-2-1-10(7-13(12)19)9-21-17(25)26-15-8-14(22-23-16(15)24)11-3-5-20-6-4-11/h1-8H,9H2,(H,21,25)(H,23,24). The van der Waals surface area contributed by atoms with Crippen LogP contribution in [-0.2, 0) is 6.54 Å². The van der Waals surface area contributed by atoms with Gasteiger partial charge in [0.15, 0.2) is 0 Å². The molecule has 9 heteroatoms. The molecule has 0 saturated heterocycles. The van der Waals surface area contributed by atoms with Crippen LogP contribution < -0.4 is 15.6 Å². The summed E-state index contributed by atoms with van der Waals surface area (Å²) >= 11 is 11.8. The van der Waals surface area contributed by atoms with Crippen LogP contribution in [0.5, 0.6) is 5.75 Å². The van der Waals surface area contributed by atoms with Crippen LogP contribution in [0.2, 0.25) is 10.0 Å². The molecule has 2 aromatic heterocycles. The smallest absolute Gasteiger partial charge is 0.404 e. The molecule has 7 nitrogen and oxygen atoms in total. The second kappa shape index (κ2) is 7.99. The number of benzene rings is 1. The SMILES string of the molecule is O=C(NCc1ccc(Cl)c(Cl)c1)Oc1cc(-c2ccncc2)n[nH]c1=O. The Morgan fingerprint density at radius 1 is 1.12 bits per heavy atom. The number of H-pyrrole nitrogens is 1. The Balaban J connectivity index is 1.69. The summed E-state index contributed by atoms with van der Waals surface area (Å²) in [7, 11) is 0. The van der Waals surface area contributed by atoms with E-state index < -0.39 is 11.7 Å². The van der Waals surface area contributed by atoms with E-state index in [-0.39, 0.29) is 12.3 Å². The zero-order valence-corrected chi connectivity index (χ0v) is 14.7. The van der Waals surface area contributed by atoms with Gasteiger partial charge in [0.25, 0.3) is 0 Å². The summed E-state index contributed by atoms with van der Waals surface area (Å²) in [6.45, 7) is 0.163. The number of ether oxygens (including phenoxy) is 1. The topological polar surface area (TPSA) is 97.0 Å². The molecular formula is C17H12Cl2N4O3. The van der Waals surface area contributed by atoms with E-state index in [1.54, 1.807) is 42.7 Å². The zero-order valence-electron chi connectivity index (χ0n) is 13.2. The van der Waals surface area contributed by atoms with Crippen LogP contribution in [0.4, 0.5) is 4.79 Å². The quantitative estimate of drug-likeness (QED) is 0.710. The molecule has 0 radical (unpaired) electrons. The fourth-order valence-electron chi connectivity index (χ4n) is 2.09. The van der Waals surface area contributed by atoms with Gasteiger partial charge in [0.1, 0.15) is 0 Å². The van der Waals surface area contributed by atoms with E-state index in [1.807, 2.05) is 0 Å². The fourth-order valence-corrected chi connectivity index (χ4v) is 2.41. The number of pyridine rings is 1. The Kier molecular flexibility index (Phi) is 5.50. The number of aromatic nitrogens is 3. The number of aromatic amines is 1. The molecule has 0 aliphatic carbocycles. The maximum Gasteiger partial charge on any atom is 0.413 e. The Hall–Kier alpha value is -2.90. The summed E-state index contributed by atoms with van der Waals surface area (Å²) in [5.74, 6) is -0.168. The minimum absolute atomic E-state index is 0.163. The summed E-state index contributed by atoms with van der Waals surface area (Å²) in [5.41, 5.74) is 1.28. The largest absolute Gasteiger partial charge is 0.413 e. The van der Waals surface area contributed by atoms with Gasteiger partial charge in [0.2, 0.25) is 5.75 Å². The van der Waals surface area contributed by atoms with Gasteiger partial charge in [-0.2, -0.15) is 5.10 Å². The van der Waals surface area contributed by atoms with Crippen molar-refractivity contribution in [1.82, 2.24) is 20.5 Å². The second-order valence-electron chi connectivity index (χ2n) is 5.17. The van der Waals surface area contributed by atoms with Crippen LogP contribution in [0.15, 0.2) is 53.6 Å². The molecular weight excluding hydrogens is 379 g/mol. The molecule has 132 valence electrons. The van der Waals surface area contributed by atoms with Crippen molar-refractivity contribution in [3.8, 4) is 17.0 Å². The number of hydrogen-bond acceptors (Lipinski definition) is 5. The average molecular weight is 391 g/mol. The molecule has 0 spiro atoms. The van der Waals surface area contributed by atoms with Crippen molar-refractivity contribution >= 4 is 29.3 Å². The van der Waals surface area contributed by atoms with Crippen molar-refractivity contribution in [3.05, 3.63) is 74.8 Å². The highest BCUT2D eigenvalue weighted by atomic mass is 35.5. The van der Waals surface area contributed by atoms with Gasteiger partial charge in [0, 0.05) is 30.6 Å². The lowest BCUT2D eigenvalue weighted by Crippen LogP contribution is -2.28. The summed E-state index contributed by atoms with van der Waals surface area (Å²) in [4.78, 5) is 27.7. The first-order valence-electron chi connectivity index (χ1n) is 7.42. The number of halogens is 2. The minimum atomic E-state index is -0.784. The van der Waals surface area contributed by atoms with Crippen molar-refractivity contribution in [1.29, 1.82) is 0 Å². The molecule has 0 fully saturated rings. The van der Waals surface area contributed by atoms with E-state index in [1.165, 1.54) is 6.07 Å². The molecule has 26 heavy (non-hydrogen) atoms. The van der Waals surface area contributed by atoms with Crippen molar-refractivity contribution < 1.29 is 9.53 Å². The van der Waals surface area contributed by atoms with Crippen LogP contribution in [0.1, 0.15) is 5.56 Å². The summed E-state index contributed by atoms with van der Waals surface area (Å²) in [6.07, 6.45) is 2.40. The van der Waals surface area contributed by atoms with Gasteiger partial charge in [-0.1, -0.05) is 29.3 Å². The van der Waals surface area contributed by atoms with Crippen LogP contribution in [0.25, 0.3) is 11.3 Å². The second-order valence-corrected chi connectivity index (χ2v) is 5.99. The van der Waals surface area contributed by atoms with Crippen LogP contribution in [0, 0.1) is 0 Å². The number of nitrogens with one attached hydrogen (secondary N) is 2. The Bertz CT molecular complexity index is 993. The number of carbonyl (C=O) groups is 1. The predicted molar refractivity (Wildman–Crippen MR) is 97.4 cm³/mol. The van der Waals surface area contributed by atoms with Crippen LogP contribution in [0.3, 0.4) is 0 Å². The molecule has 0 aliphatic heterocycles. The predicted octanol–water partition coefficient (Wildman–Crippen LogP) is 3.43. The summed E-state index contributed by atoms with van der Waals surface area (Å²) in [6, 6.07) is 9.79. The van der Waals surface area contributed by atoms with Gasteiger partial charge in [-0.05, 0) is 29.8 Å². The van der Waals surface area contributed by atoms with Gasteiger partial charge in [-0.15, -0.1) is 0 Å². The molecule has 0 atom stereocenters. The number of hydrogen-bond donors (Lipinski definition) is 2. The molecule has 1 amide bonds. The number of nitrogens with zero attached hydrogens (tertiary/aromatic N) is 2. The van der Waals surface area contributed by atoms with Crippen molar-refractivity contribution in [3.63, 3.8) is 0 Å². The van der Waals surface area contributed by atoms with Gasteiger partial charge in [-0.25, -0.2) is 9.89 Å². The molecule has 1 aromatic carbocycles. The molecule has 0 aliphatic rings. The molecule has 3 rings (SSSR count). The zero-order chi connectivity index (χ0) is 18.5. The van der Waals surface area contributed by atoms with Crippen LogP contribution >= 0.6 is 23.2 Å². The van der Waals surface area contributed by atoms with E-state index in [9.17, 15) is 9.59 Å². The van der Waals surface area contributed by atoms with Crippen molar-refractivity contribution in [2.24, 2.45) is 0 Å². The Labute approximate surface area is 157 Å². The van der Waals surface area contributed by atoms with E-state index in [4.69, 9.17) is 27.9 Å². The number of amides is 1. The third-order valence-electron chi connectivity index (χ3n) is 3.37. The molecule has 0 bridgehead atoms. The third-order valence-corrected chi connectivity index (χ3v) is 4.11. The van der Waals surface area contributed by atoms with Gasteiger partial charge < -0.3 is 10.1 Å². The highest BCUT2D eigenvalue weighted by molar-refractivity contribution is 6.42. The summed E-state index contributed by atoms with van der Waals surface area (Å²) in [5, 5.41) is 9.56. The molecule has 0 unspecified atom stereocenters. The Morgan fingerprint density at radius 2 is 1.88 bits per heavy atom. The van der Waals surface area contributed by atoms with E-state index >= 15 is 0 Å². The van der Waals surface area contributed by atoms with Gasteiger partial charge in [-0.3, -0.25) is 9.78 Å². The van der Waals surface area contributed by atoms with Crippen molar-refractivity contribution in [2.45, 2.75) is 6.54 Å². The summed E-state index contributed by atoms with van der Waals surface area (Å²) < 4.78 is 5.07. The Morgan fingerprint density at radius 3 is 2.62 bits per heavy atom. The normalized spacial score (nSPS) is 10.4. The first kappa shape index (κ1) is 17.9. The fraction of sp³-hybridized carbons (Fsp3) is 0.0588. The van der Waals surface area contributed by atoms with Gasteiger partial charge in [0.05, 0.1) is 15.7 Å². The lowest BCUT2D eigenvalue weighted by molar-refractivity contribution is 0.199. The maximum atomic E-state index is 12.0. The molecule has 0 saturated carbocycles. The van der Waals surface area contributed by atoms with Gasteiger partial charge >= 0.3 is 11.7 Å². The minimum Gasteiger partial charge on any atom is -0.404 e. The maximum absolute atomic E-state index is 12.0. The van der Waals surface area contributed by atoms with Crippen molar-refractivity contribution in [2.75, 3.05) is 0 Å². The van der Waals surface area contributed by atoms with E-state index in [0.717, 1.165) is 11.1 Å². The number of carbonyl (C=O) groups excluding carboxylic acids is 1. The molecule has 3 aromatic rings. The molecule has 2 N–H and O–H groups in total. The average Bonchev–Trinajstić information content (AvgIpc) is 2.65. The van der Waals surface area contributed by atoms with E-state index in [0.29, 0.717) is 15.7 Å². The lowest BCUT2D eigenvalue weighted by Gasteiger charge is -2.08. The lowest BCUT2D eigenvalue weighted by atomic mass is 10.2. The third kappa shape index (κ3) is 4.38. The van der Waals surface area contributed by atoms with Crippen LogP contribution in [-0.4, -0.2) is 21.3 Å². The first-order valence-corrected chi connectivity index (χ1v) is 8.18. The first-order chi connectivity index (χ1) is 12.5. The van der Waals surface area contributed by atoms with E-state index in [2.05, 4.69) is 20.5 Å². The molecule has 2 heterocycles. The monoisotopic (exact) mass is 390 g/mol.